The third kappa shape index (κ3) is 5.30. The van der Waals surface area contributed by atoms with Crippen molar-refractivity contribution in [3.63, 3.8) is 0 Å². The van der Waals surface area contributed by atoms with Gasteiger partial charge in [0.05, 0.1) is 19.9 Å². The van der Waals surface area contributed by atoms with Crippen molar-refractivity contribution < 1.29 is 18.8 Å². The van der Waals surface area contributed by atoms with Gasteiger partial charge in [0.1, 0.15) is 11.4 Å². The Hall–Kier alpha value is -2.88. The summed E-state index contributed by atoms with van der Waals surface area (Å²) >= 11 is 0. The molecule has 3 rings (SSSR count). The maximum absolute atomic E-state index is 11.5. The van der Waals surface area contributed by atoms with Crippen LogP contribution in [0.25, 0.3) is 11.5 Å². The first-order chi connectivity index (χ1) is 13.2. The molecule has 1 aliphatic rings. The van der Waals surface area contributed by atoms with Crippen LogP contribution in [0.3, 0.4) is 0 Å². The van der Waals surface area contributed by atoms with E-state index in [0.29, 0.717) is 37.0 Å². The van der Waals surface area contributed by atoms with E-state index in [1.54, 1.807) is 23.2 Å². The number of hydrogen-bond acceptors (Lipinski definition) is 8. The Labute approximate surface area is 156 Å². The van der Waals surface area contributed by atoms with Gasteiger partial charge in [-0.15, -0.1) is 0 Å². The van der Waals surface area contributed by atoms with E-state index in [-0.39, 0.29) is 6.09 Å². The van der Waals surface area contributed by atoms with Crippen LogP contribution in [0.15, 0.2) is 27.6 Å². The van der Waals surface area contributed by atoms with Gasteiger partial charge in [-0.2, -0.15) is 0 Å². The van der Waals surface area contributed by atoms with E-state index in [0.717, 1.165) is 32.5 Å². The molecule has 1 N–H and O–H groups in total. The number of aromatic amines is 1. The molecule has 1 aliphatic heterocycles. The van der Waals surface area contributed by atoms with Crippen LogP contribution in [0.5, 0.6) is 5.75 Å². The van der Waals surface area contributed by atoms with Gasteiger partial charge in [0.15, 0.2) is 0 Å². The number of carbonyl (C=O) groups is 1. The molecule has 0 bridgehead atoms. The lowest BCUT2D eigenvalue weighted by Gasteiger charge is -2.33. The summed E-state index contributed by atoms with van der Waals surface area (Å²) in [6, 6.07) is 3.49. The number of nitrogens with zero attached hydrogens (tertiary/aromatic N) is 4. The first-order valence-corrected chi connectivity index (χ1v) is 8.86. The highest BCUT2D eigenvalue weighted by atomic mass is 16.5. The summed E-state index contributed by atoms with van der Waals surface area (Å²) in [5.74, 6) is 0.342. The topological polar surface area (TPSA) is 114 Å². The molecular weight excluding hydrogens is 354 g/mol. The summed E-state index contributed by atoms with van der Waals surface area (Å²) in [6.07, 6.45) is 3.28. The zero-order valence-electron chi connectivity index (χ0n) is 15.2. The van der Waals surface area contributed by atoms with Crippen LogP contribution >= 0.6 is 0 Å². The van der Waals surface area contributed by atoms with E-state index in [1.807, 2.05) is 0 Å². The van der Waals surface area contributed by atoms with E-state index in [1.165, 1.54) is 7.11 Å². The van der Waals surface area contributed by atoms with Crippen molar-refractivity contribution >= 4 is 6.09 Å². The number of hydrogen-bond donors (Lipinski definition) is 1. The molecule has 1 fully saturated rings. The van der Waals surface area contributed by atoms with Gasteiger partial charge in [0.2, 0.25) is 5.82 Å². The molecule has 1 saturated heterocycles. The molecule has 2 aromatic heterocycles. The molecule has 2 aromatic rings. The minimum Gasteiger partial charge on any atom is -0.492 e. The minimum absolute atomic E-state index is 0.252. The quantitative estimate of drug-likeness (QED) is 0.710. The van der Waals surface area contributed by atoms with Gasteiger partial charge in [-0.25, -0.2) is 14.6 Å². The average molecular weight is 377 g/mol. The summed E-state index contributed by atoms with van der Waals surface area (Å²) < 4.78 is 14.9. The van der Waals surface area contributed by atoms with Crippen molar-refractivity contribution in [1.82, 2.24) is 24.9 Å². The molecule has 146 valence electrons. The Kier molecular flexibility index (Phi) is 6.42. The molecule has 0 aliphatic carbocycles. The zero-order valence-corrected chi connectivity index (χ0v) is 15.2. The highest BCUT2D eigenvalue weighted by Crippen LogP contribution is 2.15. The highest BCUT2D eigenvalue weighted by Gasteiger charge is 2.20. The maximum atomic E-state index is 11.5. The first kappa shape index (κ1) is 18.9. The van der Waals surface area contributed by atoms with E-state index in [9.17, 15) is 9.59 Å². The van der Waals surface area contributed by atoms with Gasteiger partial charge in [0, 0.05) is 26.2 Å². The summed E-state index contributed by atoms with van der Waals surface area (Å²) in [4.78, 5) is 33.1. The number of ether oxygens (including phenoxy) is 2. The molecule has 10 nitrogen and oxygen atoms in total. The lowest BCUT2D eigenvalue weighted by atomic mass is 10.2. The number of unbranched alkanes of at least 4 members (excludes halogenated alkanes) is 1. The number of rotatable bonds is 7. The number of pyridine rings is 1. The summed E-state index contributed by atoms with van der Waals surface area (Å²) in [7, 11) is 1.41. The third-order valence-electron chi connectivity index (χ3n) is 4.36. The predicted octanol–water partition coefficient (Wildman–Crippen LogP) is 0.968. The van der Waals surface area contributed by atoms with Crippen molar-refractivity contribution in [3.8, 4) is 17.3 Å². The molecule has 27 heavy (non-hydrogen) atoms. The first-order valence-electron chi connectivity index (χ1n) is 8.86. The van der Waals surface area contributed by atoms with E-state index >= 15 is 0 Å². The lowest BCUT2D eigenvalue weighted by molar-refractivity contribution is 0.0901. The van der Waals surface area contributed by atoms with Gasteiger partial charge in [-0.3, -0.25) is 14.4 Å². The van der Waals surface area contributed by atoms with Crippen molar-refractivity contribution in [3.05, 3.63) is 28.9 Å². The summed E-state index contributed by atoms with van der Waals surface area (Å²) in [5.41, 5.74) is 0.513. The Morgan fingerprint density at radius 3 is 2.70 bits per heavy atom. The minimum atomic E-state index is -0.612. The van der Waals surface area contributed by atoms with Crippen LogP contribution in [0, 0.1) is 0 Å². The second-order valence-corrected chi connectivity index (χ2v) is 6.18. The monoisotopic (exact) mass is 377 g/mol. The fourth-order valence-electron chi connectivity index (χ4n) is 2.86. The molecule has 0 radical (unpaired) electrons. The number of nitrogens with one attached hydrogen (secondary N) is 1. The Balaban J connectivity index is 1.31. The van der Waals surface area contributed by atoms with E-state index in [4.69, 9.17) is 9.47 Å². The van der Waals surface area contributed by atoms with Gasteiger partial charge in [-0.1, -0.05) is 5.16 Å². The number of carbonyl (C=O) groups excluding carboxylic acids is 1. The number of H-pyrrole nitrogens is 1. The van der Waals surface area contributed by atoms with Crippen LogP contribution in [-0.4, -0.2) is 77.5 Å². The number of methoxy groups -OCH3 is 1. The predicted molar refractivity (Wildman–Crippen MR) is 95.5 cm³/mol. The van der Waals surface area contributed by atoms with Crippen LogP contribution < -0.4 is 10.5 Å². The normalized spacial score (nSPS) is 14.9. The Morgan fingerprint density at radius 2 is 2.07 bits per heavy atom. The molecule has 0 unspecified atom stereocenters. The van der Waals surface area contributed by atoms with Gasteiger partial charge in [-0.05, 0) is 31.5 Å². The van der Waals surface area contributed by atoms with Crippen molar-refractivity contribution in [1.29, 1.82) is 0 Å². The standard InChI is InChI=1S/C17H23N5O5/c1-25-17(24)22-9-7-21(8-10-22)6-2-3-11-26-13-4-5-14(18-12-13)15-19-16(23)27-20-15/h4-5,12H,2-3,6-11H2,1H3,(H,19,20,23). The molecule has 0 aromatic carbocycles. The van der Waals surface area contributed by atoms with E-state index in [2.05, 4.69) is 24.5 Å². The number of aromatic nitrogens is 3. The fraction of sp³-hybridized carbons (Fsp3) is 0.529. The van der Waals surface area contributed by atoms with Crippen molar-refractivity contribution in [2.24, 2.45) is 0 Å². The maximum Gasteiger partial charge on any atom is 0.439 e. The molecular formula is C17H23N5O5. The smallest absolute Gasteiger partial charge is 0.439 e. The van der Waals surface area contributed by atoms with Gasteiger partial charge < -0.3 is 14.4 Å². The van der Waals surface area contributed by atoms with Crippen molar-refractivity contribution in [2.45, 2.75) is 12.8 Å². The van der Waals surface area contributed by atoms with Crippen LogP contribution in [0.4, 0.5) is 4.79 Å². The Morgan fingerprint density at radius 1 is 1.26 bits per heavy atom. The summed E-state index contributed by atoms with van der Waals surface area (Å²) in [5, 5.41) is 3.59. The SMILES string of the molecule is COC(=O)N1CCN(CCCCOc2ccc(-c3noc(=O)[nH]3)nc2)CC1. The fourth-order valence-corrected chi connectivity index (χ4v) is 2.86. The highest BCUT2D eigenvalue weighted by molar-refractivity contribution is 5.67. The van der Waals surface area contributed by atoms with Crippen LogP contribution in [0.1, 0.15) is 12.8 Å². The van der Waals surface area contributed by atoms with Crippen molar-refractivity contribution in [2.75, 3.05) is 46.4 Å². The number of amides is 1. The zero-order chi connectivity index (χ0) is 19.1. The second kappa shape index (κ2) is 9.17. The molecule has 0 atom stereocenters. The molecule has 1 amide bonds. The van der Waals surface area contributed by atoms with E-state index < -0.39 is 5.76 Å². The van der Waals surface area contributed by atoms with Crippen LogP contribution in [-0.2, 0) is 4.74 Å². The largest absolute Gasteiger partial charge is 0.492 e. The summed E-state index contributed by atoms with van der Waals surface area (Å²) in [6.45, 7) is 4.73. The third-order valence-corrected chi connectivity index (χ3v) is 4.36. The molecule has 0 spiro atoms. The second-order valence-electron chi connectivity index (χ2n) is 6.18. The number of piperazine rings is 1. The average Bonchev–Trinajstić information content (AvgIpc) is 3.14. The van der Waals surface area contributed by atoms with Gasteiger partial charge >= 0.3 is 11.8 Å². The molecule has 10 heteroatoms. The van der Waals surface area contributed by atoms with Crippen LogP contribution in [0.2, 0.25) is 0 Å². The lowest BCUT2D eigenvalue weighted by Crippen LogP contribution is -2.48. The molecule has 0 saturated carbocycles. The van der Waals surface area contributed by atoms with Gasteiger partial charge in [0.25, 0.3) is 0 Å². The Bertz CT molecular complexity index is 780. The molecule has 3 heterocycles.